The van der Waals surface area contributed by atoms with Gasteiger partial charge in [0.05, 0.1) is 22.2 Å². The Morgan fingerprint density at radius 1 is 1.33 bits per heavy atom. The van der Waals surface area contributed by atoms with Gasteiger partial charge in [-0.2, -0.15) is 0 Å². The molecule has 0 heterocycles. The summed E-state index contributed by atoms with van der Waals surface area (Å²) in [7, 11) is 3.14. The van der Waals surface area contributed by atoms with Crippen LogP contribution in [0, 0.1) is 0 Å². The number of hydrogen-bond donors (Lipinski definition) is 1. The molecule has 0 saturated heterocycles. The normalized spacial score (nSPS) is 10.3. The van der Waals surface area contributed by atoms with Gasteiger partial charge < -0.3 is 15.0 Å². The summed E-state index contributed by atoms with van der Waals surface area (Å²) in [5.41, 5.74) is 0.277. The molecule has 1 aromatic rings. The number of likely N-dealkylation sites (N-methyl/N-ethyl adjacent to an activating group) is 1. The minimum Gasteiger partial charge on any atom is -0.385 e. The average molecular weight is 333 g/mol. The second-order valence-corrected chi connectivity index (χ2v) is 5.24. The van der Waals surface area contributed by atoms with E-state index in [1.54, 1.807) is 25.3 Å². The van der Waals surface area contributed by atoms with Crippen molar-refractivity contribution >= 4 is 35.0 Å². The monoisotopic (exact) mass is 332 g/mol. The molecule has 0 unspecified atom stereocenters. The van der Waals surface area contributed by atoms with Gasteiger partial charge in [0.15, 0.2) is 0 Å². The lowest BCUT2D eigenvalue weighted by molar-refractivity contribution is -0.121. The number of methoxy groups -OCH3 is 1. The summed E-state index contributed by atoms with van der Waals surface area (Å²) < 4.78 is 4.88. The van der Waals surface area contributed by atoms with Gasteiger partial charge in [0.25, 0.3) is 5.91 Å². The minimum absolute atomic E-state index is 0.0470. The molecule has 0 aliphatic rings. The van der Waals surface area contributed by atoms with Gasteiger partial charge in [0.1, 0.15) is 0 Å². The Morgan fingerprint density at radius 3 is 2.71 bits per heavy atom. The van der Waals surface area contributed by atoms with Crippen LogP contribution >= 0.6 is 23.2 Å². The molecule has 0 radical (unpaired) electrons. The van der Waals surface area contributed by atoms with Crippen molar-refractivity contribution in [2.24, 2.45) is 0 Å². The molecule has 7 heteroatoms. The minimum atomic E-state index is -0.352. The Labute approximate surface area is 134 Å². The molecule has 0 aliphatic heterocycles. The Hall–Kier alpha value is -1.30. The zero-order valence-corrected chi connectivity index (χ0v) is 13.5. The van der Waals surface area contributed by atoms with Crippen molar-refractivity contribution in [1.29, 1.82) is 0 Å². The van der Waals surface area contributed by atoms with Crippen molar-refractivity contribution in [2.45, 2.75) is 6.42 Å². The highest BCUT2D eigenvalue weighted by Crippen LogP contribution is 2.26. The summed E-state index contributed by atoms with van der Waals surface area (Å²) in [4.78, 5) is 25.2. The second-order valence-electron chi connectivity index (χ2n) is 4.46. The zero-order valence-electron chi connectivity index (χ0n) is 12.0. The number of carbonyl (C=O) groups is 2. The Bertz CT molecular complexity index is 509. The maximum Gasteiger partial charge on any atom is 0.255 e. The van der Waals surface area contributed by atoms with E-state index in [4.69, 9.17) is 27.9 Å². The van der Waals surface area contributed by atoms with Crippen LogP contribution in [-0.2, 0) is 9.53 Å². The maximum absolute atomic E-state index is 12.2. The maximum atomic E-state index is 12.2. The van der Waals surface area contributed by atoms with Crippen molar-refractivity contribution < 1.29 is 14.3 Å². The van der Waals surface area contributed by atoms with Crippen molar-refractivity contribution in [3.8, 4) is 0 Å². The molecular formula is C14H18Cl2N2O3. The zero-order chi connectivity index (χ0) is 15.8. The molecule has 21 heavy (non-hydrogen) atoms. The Morgan fingerprint density at radius 2 is 2.05 bits per heavy atom. The average Bonchev–Trinajstić information content (AvgIpc) is 2.45. The fraction of sp³-hybridized carbons (Fsp3) is 0.429. The predicted molar refractivity (Wildman–Crippen MR) is 82.9 cm³/mol. The third-order valence-electron chi connectivity index (χ3n) is 2.76. The van der Waals surface area contributed by atoms with Gasteiger partial charge in [0, 0.05) is 27.3 Å². The lowest BCUT2D eigenvalue weighted by Gasteiger charge is -2.17. The fourth-order valence-corrected chi connectivity index (χ4v) is 2.04. The number of carbonyl (C=O) groups excluding carboxylic acids is 2. The summed E-state index contributed by atoms with van der Waals surface area (Å²) in [5.74, 6) is -0.588. The first-order valence-corrected chi connectivity index (χ1v) is 7.18. The number of halogens is 2. The van der Waals surface area contributed by atoms with Crippen LogP contribution in [0.3, 0.4) is 0 Å². The second kappa shape index (κ2) is 8.87. The highest BCUT2D eigenvalue weighted by atomic mass is 35.5. The molecular weight excluding hydrogens is 315 g/mol. The molecule has 0 bridgehead atoms. The van der Waals surface area contributed by atoms with Crippen LogP contribution in [0.1, 0.15) is 16.8 Å². The van der Waals surface area contributed by atoms with Crippen LogP contribution in [0.25, 0.3) is 0 Å². The standard InChI is InChI=1S/C14H18Cl2N2O3/c1-18(9-12(19)17-7-4-8-21-2)14(20)10-5-3-6-11(15)13(10)16/h3,5-6H,4,7-9H2,1-2H3,(H,17,19). The first-order chi connectivity index (χ1) is 9.97. The van der Waals surface area contributed by atoms with Gasteiger partial charge in [-0.15, -0.1) is 0 Å². The summed E-state index contributed by atoms with van der Waals surface area (Å²) in [6, 6.07) is 4.81. The highest BCUT2D eigenvalue weighted by Gasteiger charge is 2.18. The van der Waals surface area contributed by atoms with Crippen LogP contribution in [0.5, 0.6) is 0 Å². The molecule has 0 fully saturated rings. The molecule has 1 aromatic carbocycles. The first kappa shape index (κ1) is 17.8. The van der Waals surface area contributed by atoms with Crippen molar-refractivity contribution in [2.75, 3.05) is 33.9 Å². The number of rotatable bonds is 7. The van der Waals surface area contributed by atoms with Gasteiger partial charge in [-0.25, -0.2) is 0 Å². The molecule has 0 aromatic heterocycles. The van der Waals surface area contributed by atoms with Crippen LogP contribution < -0.4 is 5.32 Å². The summed E-state index contributed by atoms with van der Waals surface area (Å²) in [5, 5.41) is 3.21. The number of ether oxygens (including phenoxy) is 1. The Balaban J connectivity index is 2.55. The fourth-order valence-electron chi connectivity index (χ4n) is 1.66. The number of nitrogens with zero attached hydrogens (tertiary/aromatic N) is 1. The van der Waals surface area contributed by atoms with Gasteiger partial charge in [-0.3, -0.25) is 9.59 Å². The lowest BCUT2D eigenvalue weighted by Crippen LogP contribution is -2.38. The first-order valence-electron chi connectivity index (χ1n) is 6.42. The van der Waals surface area contributed by atoms with Crippen LogP contribution in [0.2, 0.25) is 10.0 Å². The topological polar surface area (TPSA) is 58.6 Å². The van der Waals surface area contributed by atoms with Crippen molar-refractivity contribution in [1.82, 2.24) is 10.2 Å². The lowest BCUT2D eigenvalue weighted by atomic mass is 10.2. The predicted octanol–water partition coefficient (Wildman–Crippen LogP) is 2.22. The third kappa shape index (κ3) is 5.53. The molecule has 0 spiro atoms. The summed E-state index contributed by atoms with van der Waals surface area (Å²) in [6.07, 6.45) is 0.722. The van der Waals surface area contributed by atoms with E-state index >= 15 is 0 Å². The van der Waals surface area contributed by atoms with E-state index in [2.05, 4.69) is 5.32 Å². The molecule has 1 N–H and O–H groups in total. The van der Waals surface area contributed by atoms with Crippen LogP contribution in [0.4, 0.5) is 0 Å². The molecule has 116 valence electrons. The number of amides is 2. The number of benzene rings is 1. The third-order valence-corrected chi connectivity index (χ3v) is 3.58. The van der Waals surface area contributed by atoms with E-state index in [1.165, 1.54) is 11.9 Å². The van der Waals surface area contributed by atoms with E-state index in [9.17, 15) is 9.59 Å². The van der Waals surface area contributed by atoms with E-state index in [1.807, 2.05) is 0 Å². The van der Waals surface area contributed by atoms with Crippen LogP contribution in [-0.4, -0.2) is 50.6 Å². The Kier molecular flexibility index (Phi) is 7.50. The quantitative estimate of drug-likeness (QED) is 0.779. The van der Waals surface area contributed by atoms with E-state index < -0.39 is 0 Å². The smallest absolute Gasteiger partial charge is 0.255 e. The summed E-state index contributed by atoms with van der Waals surface area (Å²) >= 11 is 11.9. The van der Waals surface area contributed by atoms with Gasteiger partial charge in [0.2, 0.25) is 5.91 Å². The molecule has 2 amide bonds. The van der Waals surface area contributed by atoms with Gasteiger partial charge >= 0.3 is 0 Å². The SMILES string of the molecule is COCCCNC(=O)CN(C)C(=O)c1cccc(Cl)c1Cl. The molecule has 0 saturated carbocycles. The van der Waals surface area contributed by atoms with E-state index in [0.29, 0.717) is 18.2 Å². The van der Waals surface area contributed by atoms with Gasteiger partial charge in [-0.05, 0) is 18.6 Å². The van der Waals surface area contributed by atoms with Crippen LogP contribution in [0.15, 0.2) is 18.2 Å². The molecule has 1 rings (SSSR count). The highest BCUT2D eigenvalue weighted by molar-refractivity contribution is 6.43. The summed E-state index contributed by atoms with van der Waals surface area (Å²) in [6.45, 7) is 1.04. The largest absolute Gasteiger partial charge is 0.385 e. The number of hydrogen-bond acceptors (Lipinski definition) is 3. The molecule has 0 atom stereocenters. The van der Waals surface area contributed by atoms with Crippen molar-refractivity contribution in [3.63, 3.8) is 0 Å². The molecule has 5 nitrogen and oxygen atoms in total. The van der Waals surface area contributed by atoms with E-state index in [-0.39, 0.29) is 28.9 Å². The van der Waals surface area contributed by atoms with E-state index in [0.717, 1.165) is 6.42 Å². The molecule has 0 aliphatic carbocycles. The number of nitrogens with one attached hydrogen (secondary N) is 1. The van der Waals surface area contributed by atoms with Gasteiger partial charge in [-0.1, -0.05) is 29.3 Å². The van der Waals surface area contributed by atoms with Crippen molar-refractivity contribution in [3.05, 3.63) is 33.8 Å².